The third-order valence-electron chi connectivity index (χ3n) is 2.55. The molecule has 1 heterocycles. The van der Waals surface area contributed by atoms with Crippen LogP contribution in [0.4, 0.5) is 13.2 Å². The Balaban J connectivity index is 2.52. The smallest absolute Gasteiger partial charge is 0.166 e. The van der Waals surface area contributed by atoms with Crippen molar-refractivity contribution in [1.82, 2.24) is 5.32 Å². The molecule has 0 radical (unpaired) electrons. The lowest BCUT2D eigenvalue weighted by Gasteiger charge is -2.14. The third-order valence-corrected chi connectivity index (χ3v) is 2.83. The van der Waals surface area contributed by atoms with Crippen molar-refractivity contribution >= 4 is 11.6 Å². The molecule has 1 aromatic rings. The van der Waals surface area contributed by atoms with Gasteiger partial charge in [-0.1, -0.05) is 11.6 Å². The van der Waals surface area contributed by atoms with Crippen molar-refractivity contribution in [3.8, 4) is 0 Å². The number of nitrogens with one attached hydrogen (secondary N) is 1. The highest BCUT2D eigenvalue weighted by atomic mass is 35.5. The molecule has 1 saturated heterocycles. The second-order valence-electron chi connectivity index (χ2n) is 3.53. The average Bonchev–Trinajstić information content (AvgIpc) is 2.69. The van der Waals surface area contributed by atoms with Crippen LogP contribution in [0.5, 0.6) is 0 Å². The number of benzene rings is 1. The molecule has 1 atom stereocenters. The zero-order valence-electron chi connectivity index (χ0n) is 7.79. The van der Waals surface area contributed by atoms with Crippen molar-refractivity contribution < 1.29 is 13.2 Å². The van der Waals surface area contributed by atoms with Gasteiger partial charge in [0.2, 0.25) is 0 Å². The summed E-state index contributed by atoms with van der Waals surface area (Å²) < 4.78 is 39.9. The molecule has 0 bridgehead atoms. The van der Waals surface area contributed by atoms with E-state index in [2.05, 4.69) is 5.32 Å². The van der Waals surface area contributed by atoms with E-state index >= 15 is 0 Å². The molecular formula is C10H9ClF3N. The summed E-state index contributed by atoms with van der Waals surface area (Å²) in [7, 11) is 0. The Bertz CT molecular complexity index is 362. The monoisotopic (exact) mass is 235 g/mol. The van der Waals surface area contributed by atoms with Crippen LogP contribution < -0.4 is 5.32 Å². The molecule has 1 fully saturated rings. The second kappa shape index (κ2) is 4.02. The minimum Gasteiger partial charge on any atom is -0.310 e. The summed E-state index contributed by atoms with van der Waals surface area (Å²) >= 11 is 5.46. The van der Waals surface area contributed by atoms with E-state index in [1.54, 1.807) is 0 Å². The van der Waals surface area contributed by atoms with E-state index in [0.717, 1.165) is 6.42 Å². The SMILES string of the molecule is Fc1cc(Cl)c(F)c(C2CCCN2)c1F. The highest BCUT2D eigenvalue weighted by Gasteiger charge is 2.27. The van der Waals surface area contributed by atoms with Gasteiger partial charge in [-0.25, -0.2) is 13.2 Å². The number of halogens is 4. The maximum atomic E-state index is 13.5. The first-order valence-electron chi connectivity index (χ1n) is 4.67. The van der Waals surface area contributed by atoms with Crippen LogP contribution in [0.15, 0.2) is 6.07 Å². The van der Waals surface area contributed by atoms with Gasteiger partial charge in [-0.05, 0) is 25.5 Å². The molecule has 5 heteroatoms. The van der Waals surface area contributed by atoms with Gasteiger partial charge in [0.25, 0.3) is 0 Å². The van der Waals surface area contributed by atoms with Crippen LogP contribution in [0.1, 0.15) is 24.4 Å². The van der Waals surface area contributed by atoms with Crippen molar-refractivity contribution in [3.05, 3.63) is 34.1 Å². The molecule has 1 aromatic carbocycles. The molecule has 0 aromatic heterocycles. The predicted molar refractivity (Wildman–Crippen MR) is 51.3 cm³/mol. The van der Waals surface area contributed by atoms with Gasteiger partial charge in [0.15, 0.2) is 11.6 Å². The van der Waals surface area contributed by atoms with Crippen LogP contribution in [0.3, 0.4) is 0 Å². The van der Waals surface area contributed by atoms with Crippen LogP contribution in [0, 0.1) is 17.5 Å². The Kier molecular flexibility index (Phi) is 2.89. The summed E-state index contributed by atoms with van der Waals surface area (Å²) in [6.45, 7) is 0.678. The lowest BCUT2D eigenvalue weighted by atomic mass is 10.0. The topological polar surface area (TPSA) is 12.0 Å². The lowest BCUT2D eigenvalue weighted by Crippen LogP contribution is -2.17. The van der Waals surface area contributed by atoms with Gasteiger partial charge in [-0.3, -0.25) is 0 Å². The first-order valence-corrected chi connectivity index (χ1v) is 5.05. The third kappa shape index (κ3) is 1.84. The number of hydrogen-bond acceptors (Lipinski definition) is 1. The molecular weight excluding hydrogens is 227 g/mol. The molecule has 1 unspecified atom stereocenters. The van der Waals surface area contributed by atoms with Gasteiger partial charge in [-0.15, -0.1) is 0 Å². The molecule has 1 aliphatic heterocycles. The zero-order chi connectivity index (χ0) is 11.0. The standard InChI is InChI=1S/C10H9ClF3N/c11-5-4-6(12)10(14)8(9(5)13)7-2-1-3-15-7/h4,7,15H,1-3H2. The van der Waals surface area contributed by atoms with Crippen LogP contribution >= 0.6 is 11.6 Å². The molecule has 0 saturated carbocycles. The van der Waals surface area contributed by atoms with Crippen LogP contribution in [-0.4, -0.2) is 6.54 Å². The number of rotatable bonds is 1. The summed E-state index contributed by atoms with van der Waals surface area (Å²) in [4.78, 5) is 0. The summed E-state index contributed by atoms with van der Waals surface area (Å²) in [5.74, 6) is -3.11. The Hall–Kier alpha value is -0.740. The summed E-state index contributed by atoms with van der Waals surface area (Å²) in [6, 6.07) is 0.184. The van der Waals surface area contributed by atoms with Crippen molar-refractivity contribution in [2.24, 2.45) is 0 Å². The molecule has 0 spiro atoms. The minimum atomic E-state index is -1.14. The molecule has 0 amide bonds. The second-order valence-corrected chi connectivity index (χ2v) is 3.94. The molecule has 0 aliphatic carbocycles. The van der Waals surface area contributed by atoms with Gasteiger partial charge in [-0.2, -0.15) is 0 Å². The molecule has 1 aliphatic rings. The molecule has 82 valence electrons. The zero-order valence-corrected chi connectivity index (χ0v) is 8.54. The Morgan fingerprint density at radius 1 is 1.27 bits per heavy atom. The van der Waals surface area contributed by atoms with Crippen molar-refractivity contribution in [2.45, 2.75) is 18.9 Å². The van der Waals surface area contributed by atoms with E-state index in [0.29, 0.717) is 19.0 Å². The van der Waals surface area contributed by atoms with Gasteiger partial charge in [0.1, 0.15) is 5.82 Å². The summed E-state index contributed by atoms with van der Waals surface area (Å²) in [5.41, 5.74) is -0.280. The Morgan fingerprint density at radius 2 is 2.00 bits per heavy atom. The summed E-state index contributed by atoms with van der Waals surface area (Å²) in [5, 5.41) is 2.53. The van der Waals surface area contributed by atoms with Crippen molar-refractivity contribution in [1.29, 1.82) is 0 Å². The van der Waals surface area contributed by atoms with E-state index in [9.17, 15) is 13.2 Å². The van der Waals surface area contributed by atoms with E-state index in [1.165, 1.54) is 0 Å². The van der Waals surface area contributed by atoms with Gasteiger partial charge >= 0.3 is 0 Å². The van der Waals surface area contributed by atoms with Gasteiger partial charge in [0, 0.05) is 11.6 Å². The number of hydrogen-bond donors (Lipinski definition) is 1. The van der Waals surface area contributed by atoms with Gasteiger partial charge < -0.3 is 5.32 Å². The Labute approximate surface area is 90.2 Å². The quantitative estimate of drug-likeness (QED) is 0.738. The van der Waals surface area contributed by atoms with Gasteiger partial charge in [0.05, 0.1) is 5.02 Å². The fraction of sp³-hybridized carbons (Fsp3) is 0.400. The molecule has 1 nitrogen and oxygen atoms in total. The fourth-order valence-electron chi connectivity index (χ4n) is 1.83. The largest absolute Gasteiger partial charge is 0.310 e. The van der Waals surface area contributed by atoms with E-state index in [-0.39, 0.29) is 10.6 Å². The van der Waals surface area contributed by atoms with Crippen molar-refractivity contribution in [3.63, 3.8) is 0 Å². The Morgan fingerprint density at radius 3 is 2.60 bits per heavy atom. The molecule has 15 heavy (non-hydrogen) atoms. The summed E-state index contributed by atoms with van der Waals surface area (Å²) in [6.07, 6.45) is 1.41. The van der Waals surface area contributed by atoms with Crippen LogP contribution in [-0.2, 0) is 0 Å². The fourth-order valence-corrected chi connectivity index (χ4v) is 2.03. The normalized spacial score (nSPS) is 20.9. The molecule has 1 N–H and O–H groups in total. The van der Waals surface area contributed by atoms with Crippen LogP contribution in [0.2, 0.25) is 5.02 Å². The van der Waals surface area contributed by atoms with Crippen LogP contribution in [0.25, 0.3) is 0 Å². The predicted octanol–water partition coefficient (Wildman–Crippen LogP) is 3.18. The minimum absolute atomic E-state index is 0.280. The van der Waals surface area contributed by atoms with E-state index in [4.69, 9.17) is 11.6 Å². The highest BCUT2D eigenvalue weighted by molar-refractivity contribution is 6.30. The first-order chi connectivity index (χ1) is 7.11. The maximum Gasteiger partial charge on any atom is 0.166 e. The molecule has 2 rings (SSSR count). The average molecular weight is 236 g/mol. The van der Waals surface area contributed by atoms with Crippen molar-refractivity contribution in [2.75, 3.05) is 6.54 Å². The first kappa shape index (κ1) is 10.8. The van der Waals surface area contributed by atoms with E-state index in [1.807, 2.05) is 0 Å². The van der Waals surface area contributed by atoms with E-state index < -0.39 is 23.5 Å². The maximum absolute atomic E-state index is 13.5. The highest BCUT2D eigenvalue weighted by Crippen LogP contribution is 2.32. The lowest BCUT2D eigenvalue weighted by molar-refractivity contribution is 0.456.